The molecule has 1 rings (SSSR count). The van der Waals surface area contributed by atoms with E-state index in [9.17, 15) is 0 Å². The van der Waals surface area contributed by atoms with Crippen LogP contribution in [0.2, 0.25) is 0 Å². The van der Waals surface area contributed by atoms with E-state index < -0.39 is 0 Å². The van der Waals surface area contributed by atoms with Crippen LogP contribution in [0.1, 0.15) is 19.8 Å². The average Bonchev–Trinajstić information content (AvgIpc) is 2.14. The molecular weight excluding hydrogens is 287 g/mol. The maximum Gasteiger partial charge on any atom is 0.0500 e. The van der Waals surface area contributed by atoms with E-state index in [-0.39, 0.29) is 0 Å². The third kappa shape index (κ3) is 3.04. The van der Waals surface area contributed by atoms with Crippen molar-refractivity contribution in [3.05, 3.63) is 21.8 Å². The zero-order valence-corrected chi connectivity index (χ0v) is 10.9. The number of benzene rings is 1. The van der Waals surface area contributed by atoms with Gasteiger partial charge >= 0.3 is 0 Å². The first-order valence-corrected chi connectivity index (χ1v) is 5.99. The Bertz CT molecular complexity index is 299. The van der Waals surface area contributed by atoms with E-state index in [2.05, 4.69) is 47.5 Å². The monoisotopic (exact) mass is 304 g/mol. The number of hydrogen-bond donors (Lipinski definition) is 1. The molecule has 0 bridgehead atoms. The van der Waals surface area contributed by atoms with Gasteiger partial charge in [0.25, 0.3) is 0 Å². The Hall–Kier alpha value is -0.450. The van der Waals surface area contributed by atoms with Crippen molar-refractivity contribution in [1.29, 1.82) is 0 Å². The number of rotatable bonds is 4. The van der Waals surface area contributed by atoms with E-state index in [0.29, 0.717) is 0 Å². The molecule has 1 aromatic rings. The number of anilines is 2. The molecule has 3 heteroatoms. The average molecular weight is 304 g/mol. The summed E-state index contributed by atoms with van der Waals surface area (Å²) in [6, 6.07) is 6.06. The number of nitrogens with zero attached hydrogens (tertiary/aromatic N) is 1. The van der Waals surface area contributed by atoms with Gasteiger partial charge in [0, 0.05) is 22.8 Å². The molecule has 0 radical (unpaired) electrons. The predicted molar refractivity (Wildman–Crippen MR) is 71.7 cm³/mol. The molecule has 0 spiro atoms. The molecule has 0 unspecified atom stereocenters. The molecule has 1 aromatic carbocycles. The number of halogens is 1. The summed E-state index contributed by atoms with van der Waals surface area (Å²) in [6.07, 6.45) is 2.47. The highest BCUT2D eigenvalue weighted by molar-refractivity contribution is 14.1. The fourth-order valence-electron chi connectivity index (χ4n) is 1.35. The van der Waals surface area contributed by atoms with Crippen LogP contribution >= 0.6 is 22.6 Å². The Kier molecular flexibility index (Phi) is 4.51. The Morgan fingerprint density at radius 1 is 1.43 bits per heavy atom. The van der Waals surface area contributed by atoms with Gasteiger partial charge in [-0.2, -0.15) is 0 Å². The molecule has 2 nitrogen and oxygen atoms in total. The molecule has 14 heavy (non-hydrogen) atoms. The molecule has 0 saturated heterocycles. The fourth-order valence-corrected chi connectivity index (χ4v) is 2.30. The van der Waals surface area contributed by atoms with Crippen LogP contribution in [0.5, 0.6) is 0 Å². The van der Waals surface area contributed by atoms with E-state index >= 15 is 0 Å². The summed E-state index contributed by atoms with van der Waals surface area (Å²) < 4.78 is 1.22. The van der Waals surface area contributed by atoms with Crippen molar-refractivity contribution in [2.45, 2.75) is 19.8 Å². The maximum atomic E-state index is 5.70. The van der Waals surface area contributed by atoms with Crippen molar-refractivity contribution in [3.63, 3.8) is 0 Å². The fraction of sp³-hybridized carbons (Fsp3) is 0.455. The number of unbranched alkanes of at least 4 members (excludes halogenated alkanes) is 1. The minimum Gasteiger partial charge on any atom is -0.399 e. The lowest BCUT2D eigenvalue weighted by molar-refractivity contribution is 0.766. The number of nitrogens with two attached hydrogens (primary N) is 1. The zero-order chi connectivity index (χ0) is 10.6. The van der Waals surface area contributed by atoms with Crippen LogP contribution in [-0.4, -0.2) is 13.6 Å². The molecule has 0 fully saturated rings. The summed E-state index contributed by atoms with van der Waals surface area (Å²) in [4.78, 5) is 2.28. The Morgan fingerprint density at radius 3 is 2.71 bits per heavy atom. The van der Waals surface area contributed by atoms with Gasteiger partial charge < -0.3 is 10.6 Å². The van der Waals surface area contributed by atoms with E-state index in [1.807, 2.05) is 12.1 Å². The van der Waals surface area contributed by atoms with Gasteiger partial charge in [-0.3, -0.25) is 0 Å². The van der Waals surface area contributed by atoms with Crippen LogP contribution in [0.15, 0.2) is 18.2 Å². The minimum atomic E-state index is 0.835. The van der Waals surface area contributed by atoms with Crippen LogP contribution < -0.4 is 10.6 Å². The molecule has 0 atom stereocenters. The summed E-state index contributed by atoms with van der Waals surface area (Å²) in [5.74, 6) is 0. The molecule has 0 heterocycles. The van der Waals surface area contributed by atoms with Crippen LogP contribution in [0, 0.1) is 3.57 Å². The lowest BCUT2D eigenvalue weighted by Crippen LogP contribution is -2.19. The van der Waals surface area contributed by atoms with E-state index in [1.54, 1.807) is 0 Å². The summed E-state index contributed by atoms with van der Waals surface area (Å²) in [5.41, 5.74) is 7.81. The van der Waals surface area contributed by atoms with Crippen molar-refractivity contribution in [2.24, 2.45) is 0 Å². The van der Waals surface area contributed by atoms with Gasteiger partial charge in [0.1, 0.15) is 0 Å². The molecule has 0 aliphatic rings. The molecule has 0 aliphatic heterocycles. The van der Waals surface area contributed by atoms with Gasteiger partial charge in [-0.1, -0.05) is 13.3 Å². The zero-order valence-electron chi connectivity index (χ0n) is 8.76. The van der Waals surface area contributed by atoms with E-state index in [1.165, 1.54) is 22.1 Å². The normalized spacial score (nSPS) is 10.2. The summed E-state index contributed by atoms with van der Waals surface area (Å²) >= 11 is 2.33. The standard InChI is InChI=1S/C11H17IN2/c1-3-4-7-14(2)11-6-5-9(13)8-10(11)12/h5-6,8H,3-4,7,13H2,1-2H3. The van der Waals surface area contributed by atoms with Gasteiger partial charge in [-0.25, -0.2) is 0 Å². The first-order chi connectivity index (χ1) is 6.65. The van der Waals surface area contributed by atoms with Gasteiger partial charge in [0.15, 0.2) is 0 Å². The number of nitrogen functional groups attached to an aromatic ring is 1. The third-order valence-corrected chi connectivity index (χ3v) is 3.09. The van der Waals surface area contributed by atoms with Crippen molar-refractivity contribution >= 4 is 34.0 Å². The minimum absolute atomic E-state index is 0.835. The van der Waals surface area contributed by atoms with Crippen molar-refractivity contribution in [2.75, 3.05) is 24.2 Å². The Labute approximate surface area is 99.6 Å². The SMILES string of the molecule is CCCCN(C)c1ccc(N)cc1I. The van der Waals surface area contributed by atoms with Gasteiger partial charge in [-0.05, 0) is 47.2 Å². The molecule has 0 saturated carbocycles. The maximum absolute atomic E-state index is 5.70. The van der Waals surface area contributed by atoms with Gasteiger partial charge in [0.05, 0.1) is 5.69 Å². The summed E-state index contributed by atoms with van der Waals surface area (Å²) in [7, 11) is 2.13. The van der Waals surface area contributed by atoms with E-state index in [0.717, 1.165) is 12.2 Å². The van der Waals surface area contributed by atoms with E-state index in [4.69, 9.17) is 5.73 Å². The van der Waals surface area contributed by atoms with Gasteiger partial charge in [-0.15, -0.1) is 0 Å². The highest BCUT2D eigenvalue weighted by Gasteiger charge is 2.04. The Morgan fingerprint density at radius 2 is 2.14 bits per heavy atom. The second kappa shape index (κ2) is 5.44. The third-order valence-electron chi connectivity index (χ3n) is 2.23. The van der Waals surface area contributed by atoms with Crippen molar-refractivity contribution in [3.8, 4) is 0 Å². The first-order valence-electron chi connectivity index (χ1n) is 4.91. The van der Waals surface area contributed by atoms with Gasteiger partial charge in [0.2, 0.25) is 0 Å². The molecule has 0 aromatic heterocycles. The topological polar surface area (TPSA) is 29.3 Å². The lowest BCUT2D eigenvalue weighted by atomic mass is 10.2. The van der Waals surface area contributed by atoms with Crippen LogP contribution in [-0.2, 0) is 0 Å². The van der Waals surface area contributed by atoms with Crippen molar-refractivity contribution < 1.29 is 0 Å². The van der Waals surface area contributed by atoms with Crippen LogP contribution in [0.4, 0.5) is 11.4 Å². The highest BCUT2D eigenvalue weighted by Crippen LogP contribution is 2.23. The van der Waals surface area contributed by atoms with Crippen molar-refractivity contribution in [1.82, 2.24) is 0 Å². The molecule has 78 valence electrons. The lowest BCUT2D eigenvalue weighted by Gasteiger charge is -2.20. The van der Waals surface area contributed by atoms with Crippen LogP contribution in [0.3, 0.4) is 0 Å². The Balaban J connectivity index is 2.74. The molecule has 2 N–H and O–H groups in total. The second-order valence-electron chi connectivity index (χ2n) is 3.49. The summed E-state index contributed by atoms with van der Waals surface area (Å²) in [5, 5.41) is 0. The molecule has 0 aliphatic carbocycles. The quantitative estimate of drug-likeness (QED) is 0.684. The molecule has 0 amide bonds. The predicted octanol–water partition coefficient (Wildman–Crippen LogP) is 3.11. The smallest absolute Gasteiger partial charge is 0.0500 e. The first kappa shape index (κ1) is 11.6. The second-order valence-corrected chi connectivity index (χ2v) is 4.65. The molecular formula is C11H17IN2. The van der Waals surface area contributed by atoms with Crippen LogP contribution in [0.25, 0.3) is 0 Å². The number of hydrogen-bond acceptors (Lipinski definition) is 2. The summed E-state index contributed by atoms with van der Waals surface area (Å²) in [6.45, 7) is 3.32. The largest absolute Gasteiger partial charge is 0.399 e. The highest BCUT2D eigenvalue weighted by atomic mass is 127.